The molecule has 2 aromatic carbocycles. The molecule has 27 heavy (non-hydrogen) atoms. The molecule has 0 aliphatic carbocycles. The SMILES string of the molecule is C=C(N)CCCN/C(=C\CC)c1ccc(C#CCCc2ccccc2)cc1. The van der Waals surface area contributed by atoms with Gasteiger partial charge >= 0.3 is 0 Å². The fourth-order valence-electron chi connectivity index (χ4n) is 2.78. The molecule has 0 saturated carbocycles. The number of nitrogens with two attached hydrogens (primary N) is 1. The molecule has 0 aliphatic rings. The second kappa shape index (κ2) is 11.6. The van der Waals surface area contributed by atoms with Gasteiger partial charge in [-0.25, -0.2) is 0 Å². The van der Waals surface area contributed by atoms with Crippen LogP contribution in [0.1, 0.15) is 49.3 Å². The molecule has 0 atom stereocenters. The van der Waals surface area contributed by atoms with E-state index >= 15 is 0 Å². The maximum absolute atomic E-state index is 5.63. The molecule has 0 spiro atoms. The molecule has 140 valence electrons. The van der Waals surface area contributed by atoms with Gasteiger partial charge in [0.1, 0.15) is 0 Å². The molecule has 3 N–H and O–H groups in total. The predicted molar refractivity (Wildman–Crippen MR) is 117 cm³/mol. The average Bonchev–Trinajstić information content (AvgIpc) is 2.69. The second-order valence-corrected chi connectivity index (χ2v) is 6.58. The number of hydrogen-bond acceptors (Lipinski definition) is 2. The van der Waals surface area contributed by atoms with E-state index in [0.29, 0.717) is 0 Å². The summed E-state index contributed by atoms with van der Waals surface area (Å²) in [5, 5.41) is 3.51. The normalized spacial score (nSPS) is 10.8. The van der Waals surface area contributed by atoms with Gasteiger partial charge in [-0.2, -0.15) is 0 Å². The van der Waals surface area contributed by atoms with Crippen molar-refractivity contribution in [3.63, 3.8) is 0 Å². The van der Waals surface area contributed by atoms with E-state index in [1.807, 2.05) is 6.07 Å². The summed E-state index contributed by atoms with van der Waals surface area (Å²) in [5.41, 5.74) is 11.1. The van der Waals surface area contributed by atoms with Gasteiger partial charge in [-0.3, -0.25) is 0 Å². The highest BCUT2D eigenvalue weighted by Gasteiger charge is 2.01. The molecular weight excluding hydrogens is 328 g/mol. The van der Waals surface area contributed by atoms with Gasteiger partial charge in [-0.05, 0) is 48.9 Å². The van der Waals surface area contributed by atoms with Crippen molar-refractivity contribution in [1.82, 2.24) is 5.32 Å². The van der Waals surface area contributed by atoms with E-state index in [-0.39, 0.29) is 0 Å². The third kappa shape index (κ3) is 7.88. The van der Waals surface area contributed by atoms with Crippen molar-refractivity contribution in [3.05, 3.63) is 89.6 Å². The van der Waals surface area contributed by atoms with Crippen LogP contribution >= 0.6 is 0 Å². The largest absolute Gasteiger partial charge is 0.403 e. The van der Waals surface area contributed by atoms with E-state index in [1.165, 1.54) is 16.8 Å². The smallest absolute Gasteiger partial charge is 0.0373 e. The Balaban J connectivity index is 1.89. The zero-order valence-electron chi connectivity index (χ0n) is 16.3. The van der Waals surface area contributed by atoms with Gasteiger partial charge in [0.05, 0.1) is 0 Å². The quantitative estimate of drug-likeness (QED) is 0.474. The van der Waals surface area contributed by atoms with Crippen LogP contribution in [0.3, 0.4) is 0 Å². The summed E-state index contributed by atoms with van der Waals surface area (Å²) in [6, 6.07) is 18.9. The summed E-state index contributed by atoms with van der Waals surface area (Å²) >= 11 is 0. The van der Waals surface area contributed by atoms with E-state index in [2.05, 4.69) is 85.3 Å². The van der Waals surface area contributed by atoms with Gasteiger partial charge in [-0.15, -0.1) is 0 Å². The fourth-order valence-corrected chi connectivity index (χ4v) is 2.78. The number of allylic oxidation sites excluding steroid dienone is 2. The molecule has 0 bridgehead atoms. The van der Waals surface area contributed by atoms with Crippen LogP contribution in [0.15, 0.2) is 72.9 Å². The molecule has 0 unspecified atom stereocenters. The number of rotatable bonds is 9. The number of aryl methyl sites for hydroxylation is 1. The minimum atomic E-state index is 0.744. The maximum atomic E-state index is 5.63. The lowest BCUT2D eigenvalue weighted by Gasteiger charge is -2.11. The van der Waals surface area contributed by atoms with Crippen molar-refractivity contribution in [3.8, 4) is 11.8 Å². The first kappa shape index (κ1) is 20.4. The number of hydrogen-bond donors (Lipinski definition) is 2. The molecule has 2 heteroatoms. The molecule has 2 nitrogen and oxygen atoms in total. The van der Waals surface area contributed by atoms with E-state index < -0.39 is 0 Å². The van der Waals surface area contributed by atoms with E-state index in [4.69, 9.17) is 5.73 Å². The maximum Gasteiger partial charge on any atom is 0.0373 e. The lowest BCUT2D eigenvalue weighted by atomic mass is 10.1. The Hall–Kier alpha value is -2.92. The first-order valence-corrected chi connectivity index (χ1v) is 9.69. The summed E-state index contributed by atoms with van der Waals surface area (Å²) in [6.07, 6.45) is 6.92. The van der Waals surface area contributed by atoms with Crippen LogP contribution in [0.4, 0.5) is 0 Å². The number of benzene rings is 2. The minimum Gasteiger partial charge on any atom is -0.403 e. The summed E-state index contributed by atoms with van der Waals surface area (Å²) in [7, 11) is 0. The average molecular weight is 359 g/mol. The van der Waals surface area contributed by atoms with E-state index in [1.54, 1.807) is 0 Å². The number of nitrogens with one attached hydrogen (secondary N) is 1. The summed E-state index contributed by atoms with van der Waals surface area (Å²) in [4.78, 5) is 0. The van der Waals surface area contributed by atoms with Crippen molar-refractivity contribution in [1.29, 1.82) is 0 Å². The molecule has 2 rings (SSSR count). The van der Waals surface area contributed by atoms with Gasteiger partial charge in [0.25, 0.3) is 0 Å². The Kier molecular flexibility index (Phi) is 8.80. The monoisotopic (exact) mass is 358 g/mol. The molecular formula is C25H30N2. The molecule has 0 fully saturated rings. The standard InChI is InChI=1S/C25H30N2/c1-3-10-25(27-20-9-11-21(2)26)24-18-16-23(17-19-24)15-8-7-14-22-12-5-4-6-13-22/h4-6,10,12-13,16-19,27H,2-3,7,9,11,14,20,26H2,1H3/b25-10-. The highest BCUT2D eigenvalue weighted by molar-refractivity contribution is 5.64. The van der Waals surface area contributed by atoms with Crippen LogP contribution in [0, 0.1) is 11.8 Å². The third-order valence-corrected chi connectivity index (χ3v) is 4.21. The fraction of sp³-hybridized carbons (Fsp3) is 0.280. The summed E-state index contributed by atoms with van der Waals surface area (Å²) < 4.78 is 0. The van der Waals surface area contributed by atoms with Gasteiger partial charge in [0.15, 0.2) is 0 Å². The van der Waals surface area contributed by atoms with Crippen molar-refractivity contribution in [2.24, 2.45) is 5.73 Å². The van der Waals surface area contributed by atoms with Crippen LogP contribution in [-0.2, 0) is 6.42 Å². The van der Waals surface area contributed by atoms with E-state index in [9.17, 15) is 0 Å². The van der Waals surface area contributed by atoms with Gasteiger partial charge in [0, 0.05) is 29.9 Å². The van der Waals surface area contributed by atoms with Crippen LogP contribution in [0.5, 0.6) is 0 Å². The first-order chi connectivity index (χ1) is 13.2. The van der Waals surface area contributed by atoms with E-state index in [0.717, 1.165) is 49.9 Å². The predicted octanol–water partition coefficient (Wildman–Crippen LogP) is 5.26. The Morgan fingerprint density at radius 2 is 1.85 bits per heavy atom. The zero-order valence-corrected chi connectivity index (χ0v) is 16.3. The van der Waals surface area contributed by atoms with Crippen molar-refractivity contribution in [2.75, 3.05) is 6.54 Å². The zero-order chi connectivity index (χ0) is 19.3. The Labute approximate surface area is 164 Å². The molecule has 0 amide bonds. The van der Waals surface area contributed by atoms with Crippen LogP contribution in [-0.4, -0.2) is 6.54 Å². The summed E-state index contributed by atoms with van der Waals surface area (Å²) in [5.74, 6) is 6.54. The molecule has 2 aromatic rings. The van der Waals surface area contributed by atoms with Crippen molar-refractivity contribution < 1.29 is 0 Å². The molecule has 0 heterocycles. The highest BCUT2D eigenvalue weighted by atomic mass is 14.9. The first-order valence-electron chi connectivity index (χ1n) is 9.69. The third-order valence-electron chi connectivity index (χ3n) is 4.21. The minimum absolute atomic E-state index is 0.744. The Bertz CT molecular complexity index is 790. The summed E-state index contributed by atoms with van der Waals surface area (Å²) in [6.45, 7) is 6.79. The topological polar surface area (TPSA) is 38.0 Å². The molecule has 0 aromatic heterocycles. The van der Waals surface area contributed by atoms with Crippen molar-refractivity contribution in [2.45, 2.75) is 39.0 Å². The Morgan fingerprint density at radius 3 is 2.52 bits per heavy atom. The lowest BCUT2D eigenvalue weighted by molar-refractivity contribution is 0.752. The van der Waals surface area contributed by atoms with Gasteiger partial charge < -0.3 is 11.1 Å². The highest BCUT2D eigenvalue weighted by Crippen LogP contribution is 2.14. The lowest BCUT2D eigenvalue weighted by Crippen LogP contribution is -2.14. The molecule has 0 aliphatic heterocycles. The van der Waals surface area contributed by atoms with Crippen molar-refractivity contribution >= 4 is 5.70 Å². The molecule has 0 radical (unpaired) electrons. The second-order valence-electron chi connectivity index (χ2n) is 6.58. The van der Waals surface area contributed by atoms with Crippen LogP contribution in [0.2, 0.25) is 0 Å². The molecule has 0 saturated heterocycles. The van der Waals surface area contributed by atoms with Crippen LogP contribution < -0.4 is 11.1 Å². The van der Waals surface area contributed by atoms with Crippen LogP contribution in [0.25, 0.3) is 5.70 Å². The van der Waals surface area contributed by atoms with Gasteiger partial charge in [0.2, 0.25) is 0 Å². The Morgan fingerprint density at radius 1 is 1.11 bits per heavy atom. The van der Waals surface area contributed by atoms with Gasteiger partial charge in [-0.1, -0.05) is 73.9 Å².